The number of carbonyl (C=O) groups excluding carboxylic acids is 1. The summed E-state index contributed by atoms with van der Waals surface area (Å²) in [5, 5.41) is 4.38. The number of thioether (sulfide) groups is 1. The van der Waals surface area contributed by atoms with Crippen LogP contribution in [-0.4, -0.2) is 22.4 Å². The van der Waals surface area contributed by atoms with Gasteiger partial charge in [-0.1, -0.05) is 31.0 Å². The Balaban J connectivity index is 0.00000161. The van der Waals surface area contributed by atoms with E-state index in [-0.39, 0.29) is 35.4 Å². The quantitative estimate of drug-likeness (QED) is 0.603. The Hall–Kier alpha value is -0.240. The van der Waals surface area contributed by atoms with Crippen LogP contribution >= 0.6 is 11.8 Å². The predicted octanol–water partition coefficient (Wildman–Crippen LogP) is -0.301. The van der Waals surface area contributed by atoms with Crippen LogP contribution in [0.1, 0.15) is 57.8 Å². The molecule has 4 nitrogen and oxygen atoms in total. The molecule has 0 atom stereocenters. The van der Waals surface area contributed by atoms with E-state index in [1.807, 2.05) is 0 Å². The third-order valence-electron chi connectivity index (χ3n) is 4.63. The van der Waals surface area contributed by atoms with Crippen LogP contribution in [0.2, 0.25) is 0 Å². The number of allylic oxidation sites excluding steroid dienone is 1. The predicted molar refractivity (Wildman–Crippen MR) is 83.5 cm³/mol. The van der Waals surface area contributed by atoms with Gasteiger partial charge in [-0.3, -0.25) is 9.79 Å². The average molecular weight is 420 g/mol. The molecule has 2 aliphatic carbocycles. The molecule has 21 heavy (non-hydrogen) atoms. The summed E-state index contributed by atoms with van der Waals surface area (Å²) in [4.78, 5) is 16.0. The van der Waals surface area contributed by atoms with Gasteiger partial charge in [0.1, 0.15) is 0 Å². The van der Waals surface area contributed by atoms with E-state index in [1.165, 1.54) is 68.8 Å². The van der Waals surface area contributed by atoms with E-state index in [4.69, 9.17) is 10.7 Å². The standard InChI is InChI=1S/C15H23N3OS.HI/c16-13(19)10-20-14-17-12-7-3-2-6-11(12)15(18-14)8-4-1-5-9-15;/h1-10H2,(H2,16,19)(H,17,18);1H/p-1. The zero-order valence-corrected chi connectivity index (χ0v) is 15.3. The van der Waals surface area contributed by atoms with Crippen LogP contribution in [0.15, 0.2) is 16.3 Å². The third kappa shape index (κ3) is 3.75. The van der Waals surface area contributed by atoms with E-state index < -0.39 is 0 Å². The van der Waals surface area contributed by atoms with Crippen molar-refractivity contribution >= 4 is 22.8 Å². The van der Waals surface area contributed by atoms with Gasteiger partial charge in [-0.15, -0.1) is 0 Å². The first-order valence-corrected chi connectivity index (χ1v) is 8.69. The Bertz CT molecular complexity index is 470. The van der Waals surface area contributed by atoms with Crippen LogP contribution in [-0.2, 0) is 4.79 Å². The highest BCUT2D eigenvalue weighted by Gasteiger charge is 2.40. The molecule has 0 unspecified atom stereocenters. The molecule has 6 heteroatoms. The van der Waals surface area contributed by atoms with Gasteiger partial charge in [-0.25, -0.2) is 0 Å². The number of halogens is 1. The van der Waals surface area contributed by atoms with Gasteiger partial charge in [-0.2, -0.15) is 0 Å². The fraction of sp³-hybridized carbons (Fsp3) is 0.733. The minimum Gasteiger partial charge on any atom is -1.00 e. The lowest BCUT2D eigenvalue weighted by Gasteiger charge is -2.42. The van der Waals surface area contributed by atoms with Crippen molar-refractivity contribution in [2.24, 2.45) is 10.7 Å². The van der Waals surface area contributed by atoms with Gasteiger partial charge in [0.15, 0.2) is 5.17 Å². The Morgan fingerprint density at radius 2 is 1.90 bits per heavy atom. The summed E-state index contributed by atoms with van der Waals surface area (Å²) in [6.45, 7) is 0. The molecule has 3 N–H and O–H groups in total. The number of amidine groups is 1. The number of hydrogen-bond acceptors (Lipinski definition) is 4. The summed E-state index contributed by atoms with van der Waals surface area (Å²) in [5.41, 5.74) is 8.25. The summed E-state index contributed by atoms with van der Waals surface area (Å²) >= 11 is 1.46. The van der Waals surface area contributed by atoms with Gasteiger partial charge in [0.2, 0.25) is 5.91 Å². The van der Waals surface area contributed by atoms with E-state index in [9.17, 15) is 4.79 Å². The van der Waals surface area contributed by atoms with Crippen LogP contribution in [0.5, 0.6) is 0 Å². The number of fused-ring (bicyclic) bond motifs is 1. The van der Waals surface area contributed by atoms with Crippen molar-refractivity contribution in [3.63, 3.8) is 0 Å². The van der Waals surface area contributed by atoms with Crippen LogP contribution < -0.4 is 35.0 Å². The number of nitrogens with one attached hydrogen (secondary N) is 1. The molecule has 1 heterocycles. The minimum atomic E-state index is -0.277. The monoisotopic (exact) mass is 420 g/mol. The maximum atomic E-state index is 11.0. The van der Waals surface area contributed by atoms with Crippen LogP contribution in [0.25, 0.3) is 0 Å². The van der Waals surface area contributed by atoms with Gasteiger partial charge in [0.25, 0.3) is 0 Å². The molecule has 0 aromatic carbocycles. The summed E-state index contributed by atoms with van der Waals surface area (Å²) in [7, 11) is 0. The van der Waals surface area contributed by atoms with Gasteiger partial charge in [0.05, 0.1) is 11.3 Å². The van der Waals surface area contributed by atoms with Gasteiger partial charge in [0, 0.05) is 5.70 Å². The van der Waals surface area contributed by atoms with Crippen molar-refractivity contribution in [3.05, 3.63) is 11.3 Å². The molecule has 0 aromatic rings. The van der Waals surface area contributed by atoms with Crippen LogP contribution in [0, 0.1) is 0 Å². The second-order valence-electron chi connectivity index (χ2n) is 6.05. The number of carbonyl (C=O) groups is 1. The van der Waals surface area contributed by atoms with Crippen molar-refractivity contribution < 1.29 is 28.8 Å². The molecule has 1 amide bonds. The molecule has 1 spiro atoms. The first-order chi connectivity index (χ1) is 9.70. The Kier molecular flexibility index (Phi) is 5.99. The molecule has 1 aliphatic heterocycles. The summed E-state index contributed by atoms with van der Waals surface area (Å²) in [6.07, 6.45) is 11.1. The molecule has 3 aliphatic rings. The fourth-order valence-corrected chi connectivity index (χ4v) is 4.45. The molecule has 1 saturated carbocycles. The smallest absolute Gasteiger partial charge is 0.227 e. The van der Waals surface area contributed by atoms with Crippen molar-refractivity contribution in [1.82, 2.24) is 5.32 Å². The van der Waals surface area contributed by atoms with Gasteiger partial charge >= 0.3 is 0 Å². The van der Waals surface area contributed by atoms with E-state index in [0.29, 0.717) is 5.75 Å². The maximum Gasteiger partial charge on any atom is 0.227 e. The largest absolute Gasteiger partial charge is 1.00 e. The highest BCUT2D eigenvalue weighted by Crippen LogP contribution is 2.45. The van der Waals surface area contributed by atoms with E-state index in [2.05, 4.69) is 5.32 Å². The summed E-state index contributed by atoms with van der Waals surface area (Å²) in [6, 6.07) is 0. The lowest BCUT2D eigenvalue weighted by Crippen LogP contribution is -3.00. The molecule has 0 radical (unpaired) electrons. The lowest BCUT2D eigenvalue weighted by atomic mass is 9.72. The summed E-state index contributed by atoms with van der Waals surface area (Å²) < 4.78 is 0. The lowest BCUT2D eigenvalue weighted by molar-refractivity contribution is -0.115. The first kappa shape index (κ1) is 17.1. The van der Waals surface area contributed by atoms with Gasteiger partial charge < -0.3 is 35.0 Å². The number of hydrogen-bond donors (Lipinski definition) is 2. The highest BCUT2D eigenvalue weighted by molar-refractivity contribution is 8.14. The van der Waals surface area contributed by atoms with E-state index in [0.717, 1.165) is 11.6 Å². The van der Waals surface area contributed by atoms with Crippen molar-refractivity contribution in [2.75, 3.05) is 5.75 Å². The number of rotatable bonds is 2. The highest BCUT2D eigenvalue weighted by atomic mass is 127. The molecule has 118 valence electrons. The minimum absolute atomic E-state index is 0. The maximum absolute atomic E-state index is 11.0. The molecular formula is C15H23IN3OS-. The Morgan fingerprint density at radius 1 is 1.19 bits per heavy atom. The van der Waals surface area contributed by atoms with Crippen molar-refractivity contribution in [3.8, 4) is 0 Å². The first-order valence-electron chi connectivity index (χ1n) is 7.70. The van der Waals surface area contributed by atoms with E-state index >= 15 is 0 Å². The number of aliphatic imine (C=N–C) groups is 1. The molecule has 3 rings (SSSR count). The van der Waals surface area contributed by atoms with Gasteiger partial charge in [-0.05, 0) is 44.1 Å². The number of nitrogens with two attached hydrogens (primary N) is 1. The fourth-order valence-electron chi connectivity index (χ4n) is 3.73. The number of nitrogens with zero attached hydrogens (tertiary/aromatic N) is 1. The SMILES string of the molecule is NC(=O)CSC1=NC2(CCCCC2)C2=C(CCCC2)N1.[I-]. The topological polar surface area (TPSA) is 67.5 Å². The van der Waals surface area contributed by atoms with Crippen molar-refractivity contribution in [1.29, 1.82) is 0 Å². The number of primary amides is 1. The molecule has 0 saturated heterocycles. The number of amides is 1. The van der Waals surface area contributed by atoms with Crippen LogP contribution in [0.3, 0.4) is 0 Å². The molecule has 0 aromatic heterocycles. The average Bonchev–Trinajstić information content (AvgIpc) is 2.46. The normalized spacial score (nSPS) is 23.7. The molecule has 1 fully saturated rings. The van der Waals surface area contributed by atoms with E-state index in [1.54, 1.807) is 5.57 Å². The molecule has 0 bridgehead atoms. The Labute approximate surface area is 147 Å². The van der Waals surface area contributed by atoms with Crippen LogP contribution in [0.4, 0.5) is 0 Å². The Morgan fingerprint density at radius 3 is 2.62 bits per heavy atom. The van der Waals surface area contributed by atoms with Crippen molar-refractivity contribution in [2.45, 2.75) is 63.3 Å². The zero-order chi connectivity index (χ0) is 14.0. The summed E-state index contributed by atoms with van der Waals surface area (Å²) in [5.74, 6) is 0.0328. The second kappa shape index (κ2) is 7.35. The zero-order valence-electron chi connectivity index (χ0n) is 12.3. The third-order valence-corrected chi connectivity index (χ3v) is 5.53. The second-order valence-corrected chi connectivity index (χ2v) is 7.02. The molecular weight excluding hydrogens is 397 g/mol.